The van der Waals surface area contributed by atoms with Gasteiger partial charge in [-0.1, -0.05) is 19.1 Å². The van der Waals surface area contributed by atoms with Crippen molar-refractivity contribution in [3.8, 4) is 0 Å². The quantitative estimate of drug-likeness (QED) is 0.741. The van der Waals surface area contributed by atoms with Crippen LogP contribution in [-0.2, 0) is 15.9 Å². The lowest BCUT2D eigenvalue weighted by Gasteiger charge is -2.26. The lowest BCUT2D eigenvalue weighted by Crippen LogP contribution is -2.44. The van der Waals surface area contributed by atoms with Crippen LogP contribution in [0.4, 0.5) is 4.39 Å². The highest BCUT2D eigenvalue weighted by molar-refractivity contribution is 9.10. The molecular formula is C14H21BrFNO2. The van der Waals surface area contributed by atoms with E-state index >= 15 is 0 Å². The zero-order valence-electron chi connectivity index (χ0n) is 11.6. The second kappa shape index (κ2) is 8.64. The summed E-state index contributed by atoms with van der Waals surface area (Å²) in [5.41, 5.74) is 0.896. The predicted octanol–water partition coefficient (Wildman–Crippen LogP) is 3.12. The van der Waals surface area contributed by atoms with Crippen LogP contribution >= 0.6 is 15.9 Å². The first kappa shape index (κ1) is 16.6. The largest absolute Gasteiger partial charge is 0.354 e. The molecule has 0 heterocycles. The number of nitrogens with one attached hydrogen (secondary N) is 1. The minimum absolute atomic E-state index is 0.0203. The summed E-state index contributed by atoms with van der Waals surface area (Å²) in [6.07, 6.45) is 1.28. The monoisotopic (exact) mass is 333 g/mol. The lowest BCUT2D eigenvalue weighted by molar-refractivity contribution is -0.122. The fourth-order valence-electron chi connectivity index (χ4n) is 1.96. The minimum Gasteiger partial charge on any atom is -0.354 e. The molecule has 1 rings (SSSR count). The zero-order valence-corrected chi connectivity index (χ0v) is 13.2. The van der Waals surface area contributed by atoms with Crippen LogP contribution in [0.15, 0.2) is 22.7 Å². The van der Waals surface area contributed by atoms with Gasteiger partial charge in [-0.25, -0.2) is 4.39 Å². The first-order chi connectivity index (χ1) is 9.13. The second-order valence-electron chi connectivity index (χ2n) is 4.32. The van der Waals surface area contributed by atoms with Crippen molar-refractivity contribution in [3.63, 3.8) is 0 Å². The third-order valence-electron chi connectivity index (χ3n) is 2.92. The molecule has 108 valence electrons. The number of benzene rings is 1. The van der Waals surface area contributed by atoms with E-state index in [-0.39, 0.29) is 18.1 Å². The molecule has 1 aromatic rings. The van der Waals surface area contributed by atoms with E-state index in [2.05, 4.69) is 28.2 Å². The number of methoxy groups -OCH3 is 2. The Morgan fingerprint density at radius 1 is 1.32 bits per heavy atom. The topological polar surface area (TPSA) is 30.5 Å². The summed E-state index contributed by atoms with van der Waals surface area (Å²) < 4.78 is 24.6. The maximum absolute atomic E-state index is 13.5. The van der Waals surface area contributed by atoms with Crippen LogP contribution in [0.5, 0.6) is 0 Å². The molecule has 19 heavy (non-hydrogen) atoms. The maximum Gasteiger partial charge on any atom is 0.172 e. The Morgan fingerprint density at radius 3 is 2.58 bits per heavy atom. The van der Waals surface area contributed by atoms with Crippen molar-refractivity contribution in [1.82, 2.24) is 5.32 Å². The van der Waals surface area contributed by atoms with Gasteiger partial charge in [-0.05, 0) is 46.9 Å². The van der Waals surface area contributed by atoms with E-state index in [0.29, 0.717) is 10.9 Å². The Morgan fingerprint density at radius 2 is 2.00 bits per heavy atom. The van der Waals surface area contributed by atoms with E-state index in [1.54, 1.807) is 20.3 Å². The standard InChI is InChI=1S/C14H21BrFNO2/c1-4-8-17-12(14(18-2)19-3)9-10-6-5-7-11(16)13(10)15/h5-7,12,14,17H,4,8-9H2,1-3H3. The summed E-state index contributed by atoms with van der Waals surface area (Å²) in [5, 5.41) is 3.37. The average Bonchev–Trinajstić information content (AvgIpc) is 2.42. The first-order valence-electron chi connectivity index (χ1n) is 6.35. The lowest BCUT2D eigenvalue weighted by atomic mass is 10.0. The van der Waals surface area contributed by atoms with E-state index in [9.17, 15) is 4.39 Å². The van der Waals surface area contributed by atoms with Gasteiger partial charge in [0, 0.05) is 14.2 Å². The van der Waals surface area contributed by atoms with Crippen LogP contribution in [0.1, 0.15) is 18.9 Å². The Labute approximate surface area is 122 Å². The average molecular weight is 334 g/mol. The molecule has 0 aliphatic carbocycles. The van der Waals surface area contributed by atoms with Crippen molar-refractivity contribution in [1.29, 1.82) is 0 Å². The van der Waals surface area contributed by atoms with Crippen molar-refractivity contribution in [2.24, 2.45) is 0 Å². The molecule has 0 spiro atoms. The summed E-state index contributed by atoms with van der Waals surface area (Å²) in [7, 11) is 3.21. The van der Waals surface area contributed by atoms with Gasteiger partial charge in [-0.2, -0.15) is 0 Å². The Kier molecular flexibility index (Phi) is 7.53. The molecule has 1 atom stereocenters. The molecule has 3 nitrogen and oxygen atoms in total. The highest BCUT2D eigenvalue weighted by atomic mass is 79.9. The van der Waals surface area contributed by atoms with E-state index in [1.165, 1.54) is 6.07 Å². The summed E-state index contributed by atoms with van der Waals surface area (Å²) >= 11 is 3.29. The van der Waals surface area contributed by atoms with Crippen LogP contribution in [-0.4, -0.2) is 33.1 Å². The number of rotatable bonds is 8. The molecule has 0 aliphatic rings. The van der Waals surface area contributed by atoms with Crippen LogP contribution in [0, 0.1) is 5.82 Å². The maximum atomic E-state index is 13.5. The first-order valence-corrected chi connectivity index (χ1v) is 7.15. The fourth-order valence-corrected chi connectivity index (χ4v) is 2.39. The number of ether oxygens (including phenoxy) is 2. The minimum atomic E-state index is -0.360. The Hall–Kier alpha value is -0.490. The Balaban J connectivity index is 2.83. The third kappa shape index (κ3) is 4.84. The predicted molar refractivity (Wildman–Crippen MR) is 77.7 cm³/mol. The molecule has 0 amide bonds. The van der Waals surface area contributed by atoms with Gasteiger partial charge in [-0.3, -0.25) is 0 Å². The SMILES string of the molecule is CCCNC(Cc1cccc(F)c1Br)C(OC)OC. The van der Waals surface area contributed by atoms with Crippen LogP contribution in [0.2, 0.25) is 0 Å². The van der Waals surface area contributed by atoms with E-state index in [0.717, 1.165) is 18.5 Å². The highest BCUT2D eigenvalue weighted by Gasteiger charge is 2.22. The summed E-state index contributed by atoms with van der Waals surface area (Å²) in [5.74, 6) is -0.252. The zero-order chi connectivity index (χ0) is 14.3. The molecule has 1 aromatic carbocycles. The van der Waals surface area contributed by atoms with E-state index < -0.39 is 0 Å². The molecule has 5 heteroatoms. The van der Waals surface area contributed by atoms with Crippen molar-refractivity contribution >= 4 is 15.9 Å². The van der Waals surface area contributed by atoms with Crippen molar-refractivity contribution in [3.05, 3.63) is 34.1 Å². The van der Waals surface area contributed by atoms with Gasteiger partial charge in [-0.15, -0.1) is 0 Å². The molecule has 0 fully saturated rings. The van der Waals surface area contributed by atoms with Crippen molar-refractivity contribution in [2.45, 2.75) is 32.1 Å². The molecule has 0 saturated heterocycles. The molecule has 1 N–H and O–H groups in total. The van der Waals surface area contributed by atoms with Crippen molar-refractivity contribution < 1.29 is 13.9 Å². The Bertz CT molecular complexity index is 386. The highest BCUT2D eigenvalue weighted by Crippen LogP contribution is 2.22. The molecule has 0 bridgehead atoms. The smallest absolute Gasteiger partial charge is 0.172 e. The third-order valence-corrected chi connectivity index (χ3v) is 3.81. The van der Waals surface area contributed by atoms with Gasteiger partial charge < -0.3 is 14.8 Å². The fraction of sp³-hybridized carbons (Fsp3) is 0.571. The molecule has 0 saturated carbocycles. The number of hydrogen-bond acceptors (Lipinski definition) is 3. The second-order valence-corrected chi connectivity index (χ2v) is 5.11. The normalized spacial score (nSPS) is 12.9. The summed E-state index contributed by atoms with van der Waals surface area (Å²) in [4.78, 5) is 0. The summed E-state index contributed by atoms with van der Waals surface area (Å²) in [6, 6.07) is 5.02. The van der Waals surface area contributed by atoms with Gasteiger partial charge in [0.15, 0.2) is 6.29 Å². The van der Waals surface area contributed by atoms with E-state index in [4.69, 9.17) is 9.47 Å². The molecule has 0 aromatic heterocycles. The molecule has 0 aliphatic heterocycles. The van der Waals surface area contributed by atoms with Crippen LogP contribution in [0.3, 0.4) is 0 Å². The molecule has 0 radical (unpaired) electrons. The summed E-state index contributed by atoms with van der Waals surface area (Å²) in [6.45, 7) is 2.96. The van der Waals surface area contributed by atoms with Crippen LogP contribution in [0.25, 0.3) is 0 Å². The van der Waals surface area contributed by atoms with Crippen LogP contribution < -0.4 is 5.32 Å². The van der Waals surface area contributed by atoms with Gasteiger partial charge >= 0.3 is 0 Å². The molecular weight excluding hydrogens is 313 g/mol. The number of hydrogen-bond donors (Lipinski definition) is 1. The van der Waals surface area contributed by atoms with Gasteiger partial charge in [0.25, 0.3) is 0 Å². The van der Waals surface area contributed by atoms with Gasteiger partial charge in [0.2, 0.25) is 0 Å². The van der Waals surface area contributed by atoms with Gasteiger partial charge in [0.05, 0.1) is 10.5 Å². The number of halogens is 2. The van der Waals surface area contributed by atoms with Gasteiger partial charge in [0.1, 0.15) is 5.82 Å². The van der Waals surface area contributed by atoms with E-state index in [1.807, 2.05) is 6.07 Å². The van der Waals surface area contributed by atoms with Crippen molar-refractivity contribution in [2.75, 3.05) is 20.8 Å². The molecule has 1 unspecified atom stereocenters.